The van der Waals surface area contributed by atoms with Crippen LogP contribution >= 0.6 is 31.9 Å². The lowest BCUT2D eigenvalue weighted by atomic mass is 9.85. The maximum absolute atomic E-state index is 13.4. The minimum atomic E-state index is -1.15. The summed E-state index contributed by atoms with van der Waals surface area (Å²) in [5, 5.41) is 17.5. The summed E-state index contributed by atoms with van der Waals surface area (Å²) in [6.45, 7) is 6.44. The van der Waals surface area contributed by atoms with Gasteiger partial charge in [0.1, 0.15) is 17.5 Å². The SMILES string of the molecule is CC(C)[C@H](NC(=O)C[C@H](NC(=O)CCCCCCCCCCn1cc(CCCCOc2ccc(Br)c(-c3cc4cnc(N)nc4nc3N)c2Br)nn1)c1ccccc1)C(=O)[C@@H]1C(=O)NC(=O)[C@H]1C. The largest absolute Gasteiger partial charge is 0.492 e. The number of nitrogens with one attached hydrogen (secondary N) is 3. The molecule has 1 fully saturated rings. The number of fused-ring (bicyclic) bond motifs is 1. The quantitative estimate of drug-likeness (QED) is 0.0202. The standard InChI is InChI=1S/C49H61Br2N11O6/c1-29(2)43(44(65)40-30(3)47(66)59-48(40)67)56-39(64)26-36(31-17-11-10-12-18-31)55-38(63)20-13-8-6-4-5-7-9-15-23-62-28-33(60-61-62)19-14-16-24-68-37-22-21-35(50)41(42(37)51)34-25-32-27-54-49(53)58-46(32)57-45(34)52/h10-12,17-18,21-22,25,27-30,36,40,43H,4-9,13-16,19-20,23-24,26H2,1-3H3,(H,55,63)(H,56,64)(H,59,66,67)(H4,52,53,54,57,58)/t30-,36-,40+,43-/m0/s1. The summed E-state index contributed by atoms with van der Waals surface area (Å²) < 4.78 is 9.69. The molecule has 0 spiro atoms. The summed E-state index contributed by atoms with van der Waals surface area (Å²) >= 11 is 7.38. The van der Waals surface area contributed by atoms with Crippen LogP contribution in [0.1, 0.15) is 115 Å². The highest BCUT2D eigenvalue weighted by Gasteiger charge is 2.46. The molecule has 0 aliphatic carbocycles. The van der Waals surface area contributed by atoms with Crippen molar-refractivity contribution in [2.45, 2.75) is 123 Å². The molecule has 0 saturated carbocycles. The van der Waals surface area contributed by atoms with Gasteiger partial charge in [-0.25, -0.2) is 9.97 Å². The minimum absolute atomic E-state index is 0.0837. The number of Topliss-reactive ketones (excluding diaryl/α,β-unsaturated/α-hetero) is 1. The number of benzene rings is 2. The average Bonchev–Trinajstić information content (AvgIpc) is 3.87. The molecular formula is C49H61Br2N11O6. The van der Waals surface area contributed by atoms with Crippen LogP contribution in [-0.4, -0.2) is 72.0 Å². The van der Waals surface area contributed by atoms with Crippen LogP contribution in [0.25, 0.3) is 22.2 Å². The molecule has 5 aromatic rings. The van der Waals surface area contributed by atoms with E-state index >= 15 is 0 Å². The van der Waals surface area contributed by atoms with E-state index in [0.717, 1.165) is 108 Å². The highest BCUT2D eigenvalue weighted by atomic mass is 79.9. The van der Waals surface area contributed by atoms with E-state index in [4.69, 9.17) is 16.2 Å². The van der Waals surface area contributed by atoms with Crippen molar-refractivity contribution >= 4 is 84.1 Å². The molecular weight excluding hydrogens is 998 g/mol. The maximum atomic E-state index is 13.4. The second-order valence-electron chi connectivity index (χ2n) is 17.7. The second kappa shape index (κ2) is 25.0. The number of unbranched alkanes of at least 4 members (excludes halogenated alkanes) is 8. The first-order chi connectivity index (χ1) is 32.7. The lowest BCUT2D eigenvalue weighted by Gasteiger charge is -2.26. The highest BCUT2D eigenvalue weighted by Crippen LogP contribution is 2.43. The molecule has 6 rings (SSSR count). The van der Waals surface area contributed by atoms with Crippen molar-refractivity contribution in [1.29, 1.82) is 0 Å². The molecule has 4 heterocycles. The van der Waals surface area contributed by atoms with Gasteiger partial charge in [-0.3, -0.25) is 34.0 Å². The van der Waals surface area contributed by atoms with Gasteiger partial charge < -0.3 is 26.8 Å². The zero-order valence-corrected chi connectivity index (χ0v) is 42.0. The summed E-state index contributed by atoms with van der Waals surface area (Å²) in [5.74, 6) is -3.33. The molecule has 3 aromatic heterocycles. The molecule has 0 bridgehead atoms. The Morgan fingerprint density at radius 2 is 1.59 bits per heavy atom. The topological polar surface area (TPSA) is 252 Å². The summed E-state index contributed by atoms with van der Waals surface area (Å²) in [6.07, 6.45) is 14.7. The molecule has 1 aliphatic heterocycles. The van der Waals surface area contributed by atoms with Crippen molar-refractivity contribution in [3.8, 4) is 16.9 Å². The Morgan fingerprint density at radius 3 is 2.29 bits per heavy atom. The summed E-state index contributed by atoms with van der Waals surface area (Å²) in [4.78, 5) is 76.9. The summed E-state index contributed by atoms with van der Waals surface area (Å²) in [7, 11) is 0. The van der Waals surface area contributed by atoms with Gasteiger partial charge in [0.15, 0.2) is 11.4 Å². The van der Waals surface area contributed by atoms with E-state index in [9.17, 15) is 24.0 Å². The Morgan fingerprint density at radius 1 is 0.868 bits per heavy atom. The zero-order valence-electron chi connectivity index (χ0n) is 38.8. The van der Waals surface area contributed by atoms with E-state index in [-0.39, 0.29) is 24.2 Å². The zero-order chi connectivity index (χ0) is 48.7. The van der Waals surface area contributed by atoms with Crippen molar-refractivity contribution in [3.05, 3.63) is 81.1 Å². The number of rotatable bonds is 26. The summed E-state index contributed by atoms with van der Waals surface area (Å²) in [5.41, 5.74) is 15.8. The number of aromatic nitrogens is 6. The summed E-state index contributed by atoms with van der Waals surface area (Å²) in [6, 6.07) is 13.4. The smallest absolute Gasteiger partial charge is 0.238 e. The van der Waals surface area contributed by atoms with Crippen LogP contribution in [0.5, 0.6) is 5.75 Å². The third-order valence-electron chi connectivity index (χ3n) is 12.1. The van der Waals surface area contributed by atoms with Crippen LogP contribution in [-0.2, 0) is 36.9 Å². The molecule has 1 saturated heterocycles. The monoisotopic (exact) mass is 1060 g/mol. The third-order valence-corrected chi connectivity index (χ3v) is 13.6. The molecule has 2 aromatic carbocycles. The Labute approximate surface area is 413 Å². The lowest BCUT2D eigenvalue weighted by molar-refractivity contribution is -0.137. The normalized spacial score (nSPS) is 15.6. The molecule has 0 unspecified atom stereocenters. The van der Waals surface area contributed by atoms with Gasteiger partial charge in [-0.15, -0.1) is 5.10 Å². The van der Waals surface area contributed by atoms with Crippen molar-refractivity contribution in [3.63, 3.8) is 0 Å². The van der Waals surface area contributed by atoms with E-state index in [1.165, 1.54) is 6.92 Å². The number of hydrogen-bond donors (Lipinski definition) is 5. The van der Waals surface area contributed by atoms with Gasteiger partial charge in [-0.2, -0.15) is 4.98 Å². The molecule has 0 radical (unpaired) electrons. The molecule has 362 valence electrons. The maximum Gasteiger partial charge on any atom is 0.238 e. The Balaban J connectivity index is 0.826. The van der Waals surface area contributed by atoms with Crippen molar-refractivity contribution in [2.75, 3.05) is 18.1 Å². The molecule has 4 amide bonds. The number of halogens is 2. The molecule has 7 N–H and O–H groups in total. The van der Waals surface area contributed by atoms with Gasteiger partial charge in [0.25, 0.3) is 0 Å². The van der Waals surface area contributed by atoms with Gasteiger partial charge in [0.2, 0.25) is 29.6 Å². The highest BCUT2D eigenvalue weighted by molar-refractivity contribution is 9.11. The number of carbonyl (C=O) groups is 5. The van der Waals surface area contributed by atoms with E-state index < -0.39 is 47.4 Å². The fourth-order valence-corrected chi connectivity index (χ4v) is 9.79. The predicted octanol–water partition coefficient (Wildman–Crippen LogP) is 7.75. The van der Waals surface area contributed by atoms with Crippen molar-refractivity contribution in [2.24, 2.45) is 17.8 Å². The number of amides is 4. The van der Waals surface area contributed by atoms with Crippen LogP contribution in [0, 0.1) is 17.8 Å². The molecule has 1 aliphatic rings. The van der Waals surface area contributed by atoms with Crippen LogP contribution in [0.3, 0.4) is 0 Å². The number of pyridine rings is 1. The number of carbonyl (C=O) groups excluding carboxylic acids is 5. The average molecular weight is 1060 g/mol. The van der Waals surface area contributed by atoms with Gasteiger partial charge in [0.05, 0.1) is 41.2 Å². The van der Waals surface area contributed by atoms with E-state index in [1.54, 1.807) is 20.0 Å². The number of nitrogens with two attached hydrogens (primary N) is 2. The van der Waals surface area contributed by atoms with Crippen LogP contribution in [0.15, 0.2) is 69.9 Å². The first-order valence-electron chi connectivity index (χ1n) is 23.4. The van der Waals surface area contributed by atoms with E-state index in [2.05, 4.69) is 73.1 Å². The predicted molar refractivity (Wildman–Crippen MR) is 267 cm³/mol. The number of imide groups is 1. The van der Waals surface area contributed by atoms with Crippen LogP contribution < -0.4 is 32.2 Å². The van der Waals surface area contributed by atoms with Crippen molar-refractivity contribution in [1.82, 2.24) is 45.9 Å². The lowest BCUT2D eigenvalue weighted by Crippen LogP contribution is -2.49. The van der Waals surface area contributed by atoms with Crippen molar-refractivity contribution < 1.29 is 28.7 Å². The fourth-order valence-electron chi connectivity index (χ4n) is 8.30. The Hall–Kier alpha value is -5.82. The van der Waals surface area contributed by atoms with Gasteiger partial charge >= 0.3 is 0 Å². The fraction of sp³-hybridized carbons (Fsp3) is 0.469. The molecule has 19 heteroatoms. The molecule has 4 atom stereocenters. The van der Waals surface area contributed by atoms with Crippen LogP contribution in [0.2, 0.25) is 0 Å². The molecule has 68 heavy (non-hydrogen) atoms. The van der Waals surface area contributed by atoms with Gasteiger partial charge in [0, 0.05) is 46.3 Å². The Bertz CT molecular complexity index is 2560. The number of ketones is 1. The first-order valence-corrected chi connectivity index (χ1v) is 25.0. The minimum Gasteiger partial charge on any atom is -0.492 e. The van der Waals surface area contributed by atoms with E-state index in [1.807, 2.05) is 59.4 Å². The van der Waals surface area contributed by atoms with Gasteiger partial charge in [-0.1, -0.05) is 111 Å². The second-order valence-corrected chi connectivity index (χ2v) is 19.3. The van der Waals surface area contributed by atoms with E-state index in [0.29, 0.717) is 35.8 Å². The number of hydrogen-bond acceptors (Lipinski definition) is 13. The Kier molecular flexibility index (Phi) is 18.9. The third kappa shape index (κ3) is 14.1. The number of ether oxygens (including phenoxy) is 1. The van der Waals surface area contributed by atoms with Crippen LogP contribution in [0.4, 0.5) is 11.8 Å². The first kappa shape index (κ1) is 51.6. The number of nitrogen functional groups attached to an aromatic ring is 2. The number of nitrogens with zero attached hydrogens (tertiary/aromatic N) is 6. The number of anilines is 2. The number of aryl methyl sites for hydroxylation is 2. The van der Waals surface area contributed by atoms with Gasteiger partial charge in [-0.05, 0) is 77.7 Å². The molecule has 17 nitrogen and oxygen atoms in total.